The molecule has 8 nitrogen and oxygen atoms in total. The second kappa shape index (κ2) is 13.1. The Morgan fingerprint density at radius 3 is 2.45 bits per heavy atom. The van der Waals surface area contributed by atoms with E-state index in [-0.39, 0.29) is 63.0 Å². The molecule has 3 aromatic carbocycles. The molecular weight excluding hydrogens is 555 g/mol. The number of H-pyrrole nitrogens is 1. The Kier molecular flexibility index (Phi) is 9.44. The van der Waals surface area contributed by atoms with Crippen molar-refractivity contribution in [2.75, 3.05) is 0 Å². The summed E-state index contributed by atoms with van der Waals surface area (Å²) in [4.78, 5) is 33.3. The van der Waals surface area contributed by atoms with Crippen LogP contribution < -0.4 is 16.1 Å². The van der Waals surface area contributed by atoms with E-state index < -0.39 is 5.76 Å². The van der Waals surface area contributed by atoms with Crippen molar-refractivity contribution in [2.45, 2.75) is 59.0 Å². The first-order valence-corrected chi connectivity index (χ1v) is 14.1. The van der Waals surface area contributed by atoms with E-state index in [9.17, 15) is 9.59 Å². The number of aromatic nitrogens is 4. The molecule has 0 saturated carbocycles. The molecule has 1 N–H and O–H groups in total. The zero-order valence-corrected chi connectivity index (χ0v) is 23.4. The van der Waals surface area contributed by atoms with Crippen LogP contribution in [0.25, 0.3) is 28.2 Å². The molecule has 1 unspecified atom stereocenters. The van der Waals surface area contributed by atoms with Gasteiger partial charge in [-0.3, -0.25) is 18.9 Å². The van der Waals surface area contributed by atoms with Gasteiger partial charge < -0.3 is 4.74 Å². The summed E-state index contributed by atoms with van der Waals surface area (Å²) in [5, 5.41) is 3.86. The van der Waals surface area contributed by atoms with E-state index in [0.29, 0.717) is 18.7 Å². The fraction of sp³-hybridized carbons (Fsp3) is 0.273. The van der Waals surface area contributed by atoms with E-state index in [0.717, 1.165) is 75.6 Å². The first kappa shape index (κ1) is 30.4. The van der Waals surface area contributed by atoms with Gasteiger partial charge in [0, 0.05) is 30.4 Å². The van der Waals surface area contributed by atoms with Crippen LogP contribution in [0.4, 0.5) is 0 Å². The molecule has 0 spiro atoms. The van der Waals surface area contributed by atoms with Crippen molar-refractivity contribution in [3.8, 4) is 34.0 Å². The molecule has 0 aliphatic carbocycles. The Hall–Kier alpha value is -3.08. The van der Waals surface area contributed by atoms with Crippen LogP contribution in [0, 0.1) is 0 Å². The summed E-state index contributed by atoms with van der Waals surface area (Å²) < 4.78 is 12.4. The minimum atomic E-state index is -0.593. The van der Waals surface area contributed by atoms with Gasteiger partial charge in [0.15, 0.2) is 5.82 Å². The van der Waals surface area contributed by atoms with E-state index in [2.05, 4.69) is 30.1 Å². The summed E-state index contributed by atoms with van der Waals surface area (Å²) in [6, 6.07) is 21.8. The van der Waals surface area contributed by atoms with Crippen LogP contribution in [-0.4, -0.2) is 77.2 Å². The van der Waals surface area contributed by atoms with Gasteiger partial charge in [-0.25, -0.2) is 9.78 Å². The summed E-state index contributed by atoms with van der Waals surface area (Å²) in [5.41, 5.74) is 7.20. The third kappa shape index (κ3) is 6.02. The molecule has 0 saturated heterocycles. The molecule has 1 aliphatic rings. The molecule has 1 atom stereocenters. The number of nitrogens with zero attached hydrogens (tertiary/aromatic N) is 3. The van der Waals surface area contributed by atoms with Crippen LogP contribution in [-0.2, 0) is 25.7 Å². The molecule has 42 heavy (non-hydrogen) atoms. The van der Waals surface area contributed by atoms with Crippen molar-refractivity contribution < 1.29 is 9.26 Å². The number of hydrogen-bond donors (Lipinski definition) is 1. The standard InChI is InChI=1S/C33H32N4O4.K.H/c1-4-8-28-27(32(38)37(30(5-2)34-28)24-15-16-29-23(19-24)17-20(3)40-29)18-21-11-13-22(14-12-21)25-9-6-7-10-26(25)31-35-33(39)41-36-31;;/h6-7,9-16,19-20H,4-5,8,17-18H2,1-3H3,(H,35,36,39);;. The normalized spacial score (nSPS) is 13.8. The van der Waals surface area contributed by atoms with Crippen LogP contribution in [0.3, 0.4) is 0 Å². The molecule has 0 amide bonds. The quantitative estimate of drug-likeness (QED) is 0.255. The van der Waals surface area contributed by atoms with Gasteiger partial charge in [-0.05, 0) is 53.8 Å². The first-order chi connectivity index (χ1) is 19.9. The molecule has 5 aromatic rings. The minimum absolute atomic E-state index is 0. The maximum absolute atomic E-state index is 14.2. The summed E-state index contributed by atoms with van der Waals surface area (Å²) in [5.74, 6) is 1.45. The average molecular weight is 589 g/mol. The van der Waals surface area contributed by atoms with Crippen molar-refractivity contribution in [1.82, 2.24) is 19.7 Å². The van der Waals surface area contributed by atoms with Crippen LogP contribution >= 0.6 is 0 Å². The number of benzene rings is 3. The summed E-state index contributed by atoms with van der Waals surface area (Å²) in [6.45, 7) is 6.21. The fourth-order valence-electron chi connectivity index (χ4n) is 5.61. The monoisotopic (exact) mass is 588 g/mol. The predicted molar refractivity (Wildman–Crippen MR) is 165 cm³/mol. The Balaban J connectivity index is 0.00000353. The third-order valence-electron chi connectivity index (χ3n) is 7.54. The van der Waals surface area contributed by atoms with Gasteiger partial charge in [0.1, 0.15) is 17.7 Å². The molecule has 0 bridgehead atoms. The Bertz CT molecular complexity index is 1840. The van der Waals surface area contributed by atoms with E-state index in [1.807, 2.05) is 67.6 Å². The third-order valence-corrected chi connectivity index (χ3v) is 7.54. The molecule has 1 aliphatic heterocycles. The summed E-state index contributed by atoms with van der Waals surface area (Å²) in [6.07, 6.45) is 3.75. The van der Waals surface area contributed by atoms with Gasteiger partial charge in [0.25, 0.3) is 5.56 Å². The first-order valence-electron chi connectivity index (χ1n) is 14.1. The van der Waals surface area contributed by atoms with Gasteiger partial charge >= 0.3 is 57.1 Å². The zero-order chi connectivity index (χ0) is 28.5. The Morgan fingerprint density at radius 2 is 1.76 bits per heavy atom. The van der Waals surface area contributed by atoms with Gasteiger partial charge in [-0.2, -0.15) is 0 Å². The van der Waals surface area contributed by atoms with E-state index in [4.69, 9.17) is 14.2 Å². The number of fused-ring (bicyclic) bond motifs is 1. The molecule has 0 radical (unpaired) electrons. The van der Waals surface area contributed by atoms with Gasteiger partial charge in [0.2, 0.25) is 0 Å². The Labute approximate surface area is 286 Å². The second-order valence-corrected chi connectivity index (χ2v) is 10.5. The van der Waals surface area contributed by atoms with Crippen LogP contribution in [0.5, 0.6) is 5.75 Å². The van der Waals surface area contributed by atoms with E-state index >= 15 is 0 Å². The maximum atomic E-state index is 14.2. The molecule has 9 heteroatoms. The van der Waals surface area contributed by atoms with Crippen molar-refractivity contribution in [3.63, 3.8) is 0 Å². The van der Waals surface area contributed by atoms with Gasteiger partial charge in [0.05, 0.1) is 11.4 Å². The summed E-state index contributed by atoms with van der Waals surface area (Å²) in [7, 11) is 0. The van der Waals surface area contributed by atoms with Crippen molar-refractivity contribution in [1.29, 1.82) is 0 Å². The number of hydrogen-bond acceptors (Lipinski definition) is 6. The Morgan fingerprint density at radius 1 is 1.00 bits per heavy atom. The number of ether oxygens (including phenoxy) is 1. The van der Waals surface area contributed by atoms with E-state index in [1.165, 1.54) is 0 Å². The van der Waals surface area contributed by atoms with Crippen LogP contribution in [0.2, 0.25) is 0 Å². The number of aromatic amines is 1. The SMILES string of the molecule is CCCc1nc(CC)n(-c2ccc3c(c2)CC(C)O3)c(=O)c1Cc1ccc(-c2ccccc2-c2noc(=O)[nH]2)cc1.[KH]. The number of aryl methyl sites for hydroxylation is 2. The van der Waals surface area contributed by atoms with Crippen molar-refractivity contribution >= 4 is 51.4 Å². The van der Waals surface area contributed by atoms with E-state index in [1.54, 1.807) is 4.57 Å². The topological polar surface area (TPSA) is 103 Å². The molecule has 2 aromatic heterocycles. The molecular formula is C33H33KN4O4. The van der Waals surface area contributed by atoms with Crippen molar-refractivity contribution in [3.05, 3.63) is 116 Å². The molecule has 3 heterocycles. The molecule has 6 rings (SSSR count). The predicted octanol–water partition coefficient (Wildman–Crippen LogP) is 5.02. The number of rotatable bonds is 8. The van der Waals surface area contributed by atoms with Crippen molar-refractivity contribution in [2.24, 2.45) is 0 Å². The average Bonchev–Trinajstić information content (AvgIpc) is 3.59. The van der Waals surface area contributed by atoms with Crippen LogP contribution in [0.15, 0.2) is 80.8 Å². The molecule has 0 fully saturated rings. The second-order valence-electron chi connectivity index (χ2n) is 10.5. The molecule has 210 valence electrons. The zero-order valence-electron chi connectivity index (χ0n) is 23.4. The van der Waals surface area contributed by atoms with Crippen LogP contribution in [0.1, 0.15) is 55.4 Å². The fourth-order valence-corrected chi connectivity index (χ4v) is 5.61. The van der Waals surface area contributed by atoms with Gasteiger partial charge in [-0.15, -0.1) is 0 Å². The van der Waals surface area contributed by atoms with Gasteiger partial charge in [-0.1, -0.05) is 74.0 Å². The summed E-state index contributed by atoms with van der Waals surface area (Å²) >= 11 is 0. The number of nitrogens with one attached hydrogen (secondary N) is 1.